The van der Waals surface area contributed by atoms with Gasteiger partial charge in [-0.2, -0.15) is 0 Å². The molecule has 1 fully saturated rings. The molecule has 1 N–H and O–H groups in total. The molecule has 1 aliphatic rings. The van der Waals surface area contributed by atoms with Crippen LogP contribution in [0.1, 0.15) is 19.3 Å². The van der Waals surface area contributed by atoms with Gasteiger partial charge in [0, 0.05) is 5.75 Å². The Morgan fingerprint density at radius 1 is 1.44 bits per heavy atom. The van der Waals surface area contributed by atoms with Crippen molar-refractivity contribution in [3.63, 3.8) is 0 Å². The predicted molar refractivity (Wildman–Crippen MR) is 72.6 cm³/mol. The molecule has 1 aromatic rings. The molecule has 0 radical (unpaired) electrons. The van der Waals surface area contributed by atoms with E-state index in [-0.39, 0.29) is 0 Å². The van der Waals surface area contributed by atoms with Gasteiger partial charge in [-0.3, -0.25) is 0 Å². The standard InChI is InChI=1S/C10H17N3S3/c1-14-9-12-13-10(16-9)15-6-4-8-3-2-5-11-7-8/h8,11H,2-7H2,1H3. The van der Waals surface area contributed by atoms with Crippen LogP contribution < -0.4 is 5.32 Å². The van der Waals surface area contributed by atoms with E-state index in [2.05, 4.69) is 15.5 Å². The van der Waals surface area contributed by atoms with Crippen molar-refractivity contribution >= 4 is 34.9 Å². The molecule has 0 amide bonds. The molecule has 1 aliphatic heterocycles. The average Bonchev–Trinajstić information content (AvgIpc) is 2.78. The Balaban J connectivity index is 1.66. The van der Waals surface area contributed by atoms with E-state index in [0.29, 0.717) is 0 Å². The minimum Gasteiger partial charge on any atom is -0.316 e. The number of piperidine rings is 1. The van der Waals surface area contributed by atoms with Crippen molar-refractivity contribution in [2.24, 2.45) is 5.92 Å². The summed E-state index contributed by atoms with van der Waals surface area (Å²) in [5, 5.41) is 11.7. The van der Waals surface area contributed by atoms with E-state index in [0.717, 1.165) is 14.6 Å². The van der Waals surface area contributed by atoms with Crippen LogP contribution in [0.5, 0.6) is 0 Å². The van der Waals surface area contributed by atoms with Crippen LogP contribution in [-0.2, 0) is 0 Å². The zero-order valence-corrected chi connectivity index (χ0v) is 11.9. The highest BCUT2D eigenvalue weighted by atomic mass is 32.2. The Morgan fingerprint density at radius 2 is 2.31 bits per heavy atom. The van der Waals surface area contributed by atoms with E-state index >= 15 is 0 Å². The topological polar surface area (TPSA) is 37.8 Å². The first-order valence-electron chi connectivity index (χ1n) is 5.59. The Bertz CT molecular complexity index is 310. The SMILES string of the molecule is CSc1nnc(SCCC2CCCNC2)s1. The van der Waals surface area contributed by atoms with E-state index in [1.54, 1.807) is 23.1 Å². The predicted octanol–water partition coefficient (Wildman–Crippen LogP) is 2.74. The van der Waals surface area contributed by atoms with Crippen LogP contribution in [0, 0.1) is 5.92 Å². The summed E-state index contributed by atoms with van der Waals surface area (Å²) in [5.74, 6) is 2.05. The molecule has 90 valence electrons. The smallest absolute Gasteiger partial charge is 0.175 e. The first kappa shape index (κ1) is 12.7. The van der Waals surface area contributed by atoms with E-state index in [1.165, 1.54) is 38.1 Å². The minimum atomic E-state index is 0.870. The molecule has 2 heterocycles. The monoisotopic (exact) mass is 275 g/mol. The van der Waals surface area contributed by atoms with Crippen LogP contribution in [0.3, 0.4) is 0 Å². The van der Waals surface area contributed by atoms with Gasteiger partial charge in [-0.05, 0) is 44.5 Å². The van der Waals surface area contributed by atoms with Crippen LogP contribution in [0.2, 0.25) is 0 Å². The average molecular weight is 275 g/mol. The molecule has 1 atom stereocenters. The summed E-state index contributed by atoms with van der Waals surface area (Å²) in [7, 11) is 0. The van der Waals surface area contributed by atoms with E-state index in [4.69, 9.17) is 0 Å². The van der Waals surface area contributed by atoms with Gasteiger partial charge in [0.2, 0.25) is 0 Å². The molecular weight excluding hydrogens is 258 g/mol. The van der Waals surface area contributed by atoms with Crippen molar-refractivity contribution in [1.29, 1.82) is 0 Å². The van der Waals surface area contributed by atoms with Gasteiger partial charge in [-0.15, -0.1) is 10.2 Å². The zero-order valence-electron chi connectivity index (χ0n) is 9.44. The van der Waals surface area contributed by atoms with Crippen molar-refractivity contribution in [3.8, 4) is 0 Å². The first-order valence-corrected chi connectivity index (χ1v) is 8.62. The van der Waals surface area contributed by atoms with E-state index in [9.17, 15) is 0 Å². The summed E-state index contributed by atoms with van der Waals surface area (Å²) in [6, 6.07) is 0. The van der Waals surface area contributed by atoms with Gasteiger partial charge in [-0.1, -0.05) is 34.9 Å². The van der Waals surface area contributed by atoms with Gasteiger partial charge in [0.15, 0.2) is 8.68 Å². The molecule has 0 spiro atoms. The lowest BCUT2D eigenvalue weighted by atomic mass is 9.97. The van der Waals surface area contributed by atoms with Crippen LogP contribution in [0.15, 0.2) is 8.68 Å². The third-order valence-electron chi connectivity index (χ3n) is 2.71. The lowest BCUT2D eigenvalue weighted by Crippen LogP contribution is -2.29. The number of hydrogen-bond acceptors (Lipinski definition) is 6. The third-order valence-corrected chi connectivity index (χ3v) is 5.78. The molecule has 0 saturated carbocycles. The number of nitrogens with one attached hydrogen (secondary N) is 1. The lowest BCUT2D eigenvalue weighted by Gasteiger charge is -2.22. The van der Waals surface area contributed by atoms with Gasteiger partial charge < -0.3 is 5.32 Å². The van der Waals surface area contributed by atoms with E-state index in [1.807, 2.05) is 18.0 Å². The summed E-state index contributed by atoms with van der Waals surface area (Å²) in [5.41, 5.74) is 0. The quantitative estimate of drug-likeness (QED) is 0.836. The highest BCUT2D eigenvalue weighted by Gasteiger charge is 2.13. The highest BCUT2D eigenvalue weighted by Crippen LogP contribution is 2.28. The minimum absolute atomic E-state index is 0.870. The van der Waals surface area contributed by atoms with Gasteiger partial charge in [0.25, 0.3) is 0 Å². The van der Waals surface area contributed by atoms with Crippen LogP contribution in [0.25, 0.3) is 0 Å². The summed E-state index contributed by atoms with van der Waals surface area (Å²) in [6.45, 7) is 2.41. The largest absolute Gasteiger partial charge is 0.316 e. The van der Waals surface area contributed by atoms with Crippen LogP contribution in [-0.4, -0.2) is 35.3 Å². The second-order valence-electron chi connectivity index (χ2n) is 3.89. The molecular formula is C10H17N3S3. The zero-order chi connectivity index (χ0) is 11.2. The van der Waals surface area contributed by atoms with Gasteiger partial charge in [-0.25, -0.2) is 0 Å². The number of rotatable bonds is 5. The van der Waals surface area contributed by atoms with Crippen molar-refractivity contribution < 1.29 is 0 Å². The lowest BCUT2D eigenvalue weighted by molar-refractivity contribution is 0.371. The maximum absolute atomic E-state index is 4.16. The van der Waals surface area contributed by atoms with Gasteiger partial charge in [0.05, 0.1) is 0 Å². The molecule has 6 heteroatoms. The van der Waals surface area contributed by atoms with Crippen LogP contribution in [0.4, 0.5) is 0 Å². The molecule has 1 saturated heterocycles. The normalized spacial score (nSPS) is 21.2. The maximum atomic E-state index is 4.16. The molecule has 0 aliphatic carbocycles. The second-order valence-corrected chi connectivity index (χ2v) is 7.26. The van der Waals surface area contributed by atoms with Crippen LogP contribution >= 0.6 is 34.9 Å². The molecule has 16 heavy (non-hydrogen) atoms. The third kappa shape index (κ3) is 3.91. The highest BCUT2D eigenvalue weighted by molar-refractivity contribution is 8.02. The Hall–Kier alpha value is 0.220. The van der Waals surface area contributed by atoms with E-state index < -0.39 is 0 Å². The fourth-order valence-corrected chi connectivity index (χ4v) is 4.43. The molecule has 1 aromatic heterocycles. The summed E-state index contributed by atoms with van der Waals surface area (Å²) in [6.07, 6.45) is 6.07. The van der Waals surface area contributed by atoms with Crippen molar-refractivity contribution in [3.05, 3.63) is 0 Å². The van der Waals surface area contributed by atoms with Crippen molar-refractivity contribution in [2.45, 2.75) is 27.9 Å². The molecule has 2 rings (SSSR count). The fraction of sp³-hybridized carbons (Fsp3) is 0.800. The Kier molecular flexibility index (Phi) is 5.41. The fourth-order valence-electron chi connectivity index (χ4n) is 1.82. The van der Waals surface area contributed by atoms with Gasteiger partial charge >= 0.3 is 0 Å². The van der Waals surface area contributed by atoms with Crippen molar-refractivity contribution in [1.82, 2.24) is 15.5 Å². The summed E-state index contributed by atoms with van der Waals surface area (Å²) >= 11 is 5.23. The number of hydrogen-bond donors (Lipinski definition) is 1. The Labute approximate surface area is 109 Å². The second kappa shape index (κ2) is 6.83. The van der Waals surface area contributed by atoms with Crippen molar-refractivity contribution in [2.75, 3.05) is 25.1 Å². The summed E-state index contributed by atoms with van der Waals surface area (Å²) in [4.78, 5) is 0. The Morgan fingerprint density at radius 3 is 3.00 bits per heavy atom. The number of thioether (sulfide) groups is 2. The first-order chi connectivity index (χ1) is 7.88. The number of nitrogens with zero attached hydrogens (tertiary/aromatic N) is 2. The molecule has 0 aromatic carbocycles. The molecule has 3 nitrogen and oxygen atoms in total. The summed E-state index contributed by atoms with van der Waals surface area (Å²) < 4.78 is 2.19. The maximum Gasteiger partial charge on any atom is 0.175 e. The molecule has 1 unspecified atom stereocenters. The molecule has 0 bridgehead atoms. The number of aromatic nitrogens is 2. The van der Waals surface area contributed by atoms with Gasteiger partial charge in [0.1, 0.15) is 0 Å².